The van der Waals surface area contributed by atoms with Crippen LogP contribution >= 0.6 is 38.5 Å². The van der Waals surface area contributed by atoms with Crippen LogP contribution in [-0.4, -0.2) is 6.61 Å². The third-order valence-electron chi connectivity index (χ3n) is 2.44. The number of halogens is 2. The lowest BCUT2D eigenvalue weighted by atomic mass is 10.2. The van der Waals surface area contributed by atoms with E-state index in [1.165, 1.54) is 28.4 Å². The molecule has 0 atom stereocenters. The molecule has 1 nitrogen and oxygen atoms in total. The summed E-state index contributed by atoms with van der Waals surface area (Å²) in [5.74, 6) is 1.04. The van der Waals surface area contributed by atoms with E-state index in [0.717, 1.165) is 23.2 Å². The van der Waals surface area contributed by atoms with Gasteiger partial charge < -0.3 is 4.74 Å². The molecule has 0 amide bonds. The molecule has 0 N–H and O–H groups in total. The van der Waals surface area contributed by atoms with E-state index >= 15 is 0 Å². The van der Waals surface area contributed by atoms with Crippen LogP contribution in [0.3, 0.4) is 0 Å². The minimum absolute atomic E-state index is 0.832. The Morgan fingerprint density at radius 1 is 1.25 bits per heavy atom. The molecule has 0 aromatic heterocycles. The molecule has 0 saturated heterocycles. The second kappa shape index (κ2) is 7.54. The highest BCUT2D eigenvalue weighted by molar-refractivity contribution is 14.1. The normalized spacial score (nSPS) is 10.5. The van der Waals surface area contributed by atoms with Crippen LogP contribution in [0.1, 0.15) is 38.2 Å². The number of hydrogen-bond donors (Lipinski definition) is 0. The van der Waals surface area contributed by atoms with Crippen molar-refractivity contribution in [3.8, 4) is 5.75 Å². The molecule has 1 rings (SSSR count). The van der Waals surface area contributed by atoms with Gasteiger partial charge >= 0.3 is 0 Å². The zero-order chi connectivity index (χ0) is 12.0. The maximum absolute atomic E-state index is 5.84. The Balaban J connectivity index is 2.47. The summed E-state index contributed by atoms with van der Waals surface area (Å²) in [7, 11) is 0. The van der Waals surface area contributed by atoms with Gasteiger partial charge in [0.2, 0.25) is 0 Å². The molecule has 1 aromatic carbocycles. The van der Waals surface area contributed by atoms with Gasteiger partial charge in [-0.1, -0.05) is 42.1 Å². The van der Waals surface area contributed by atoms with Crippen molar-refractivity contribution in [1.82, 2.24) is 0 Å². The molecule has 0 spiro atoms. The van der Waals surface area contributed by atoms with Crippen molar-refractivity contribution in [3.63, 3.8) is 0 Å². The van der Waals surface area contributed by atoms with Crippen molar-refractivity contribution in [2.45, 2.75) is 39.5 Å². The topological polar surface area (TPSA) is 9.23 Å². The molecule has 0 radical (unpaired) electrons. The van der Waals surface area contributed by atoms with Crippen LogP contribution in [0.5, 0.6) is 5.75 Å². The average molecular weight is 397 g/mol. The molecular formula is C13H18BrIO. The molecule has 0 saturated carbocycles. The first-order valence-electron chi connectivity index (χ1n) is 5.73. The molecule has 0 fully saturated rings. The lowest BCUT2D eigenvalue weighted by Gasteiger charge is -2.11. The smallest absolute Gasteiger partial charge is 0.135 e. The lowest BCUT2D eigenvalue weighted by Crippen LogP contribution is -2.00. The van der Waals surface area contributed by atoms with Gasteiger partial charge in [-0.2, -0.15) is 0 Å². The Kier molecular flexibility index (Phi) is 6.73. The summed E-state index contributed by atoms with van der Waals surface area (Å²) in [6, 6.07) is 4.19. The van der Waals surface area contributed by atoms with Gasteiger partial charge in [0.05, 0.1) is 10.2 Å². The first-order valence-corrected chi connectivity index (χ1v) is 7.60. The van der Waals surface area contributed by atoms with Crippen LogP contribution in [-0.2, 0) is 0 Å². The minimum atomic E-state index is 0.832. The van der Waals surface area contributed by atoms with Gasteiger partial charge in [-0.15, -0.1) is 0 Å². The molecule has 3 heteroatoms. The first kappa shape index (κ1) is 14.3. The Labute approximate surface area is 120 Å². The fourth-order valence-corrected chi connectivity index (χ4v) is 3.49. The fraction of sp³-hybridized carbons (Fsp3) is 0.538. The lowest BCUT2D eigenvalue weighted by molar-refractivity contribution is 0.301. The van der Waals surface area contributed by atoms with E-state index in [1.54, 1.807) is 0 Å². The summed E-state index contributed by atoms with van der Waals surface area (Å²) in [6.45, 7) is 5.15. The molecule has 1 aromatic rings. The van der Waals surface area contributed by atoms with Gasteiger partial charge in [-0.05, 0) is 53.6 Å². The predicted octanol–water partition coefficient (Wildman–Crippen LogP) is 5.32. The van der Waals surface area contributed by atoms with Crippen LogP contribution in [0.25, 0.3) is 0 Å². The van der Waals surface area contributed by atoms with E-state index in [9.17, 15) is 0 Å². The fourth-order valence-electron chi connectivity index (χ4n) is 1.57. The minimum Gasteiger partial charge on any atom is -0.492 e. The standard InChI is InChI=1S/C13H18BrIO/c1-3-4-5-6-7-16-13-10(2)8-11(14)9-12(13)15/h8-9H,3-7H2,1-2H3. The second-order valence-corrected chi connectivity index (χ2v) is 6.02. The van der Waals surface area contributed by atoms with Crippen molar-refractivity contribution in [1.29, 1.82) is 0 Å². The third kappa shape index (κ3) is 4.62. The van der Waals surface area contributed by atoms with E-state index in [2.05, 4.69) is 64.5 Å². The van der Waals surface area contributed by atoms with Crippen molar-refractivity contribution < 1.29 is 4.74 Å². The molecule has 16 heavy (non-hydrogen) atoms. The van der Waals surface area contributed by atoms with E-state index in [1.807, 2.05) is 0 Å². The van der Waals surface area contributed by atoms with E-state index in [0.29, 0.717) is 0 Å². The number of ether oxygens (including phenoxy) is 1. The zero-order valence-electron chi connectivity index (χ0n) is 9.85. The Morgan fingerprint density at radius 3 is 2.62 bits per heavy atom. The molecule has 0 aliphatic carbocycles. The van der Waals surface area contributed by atoms with E-state index in [-0.39, 0.29) is 0 Å². The number of aryl methyl sites for hydroxylation is 1. The molecule has 0 aliphatic heterocycles. The van der Waals surface area contributed by atoms with Crippen molar-refractivity contribution in [2.24, 2.45) is 0 Å². The summed E-state index contributed by atoms with van der Waals surface area (Å²) >= 11 is 5.81. The highest BCUT2D eigenvalue weighted by Gasteiger charge is 2.06. The molecular weight excluding hydrogens is 379 g/mol. The van der Waals surface area contributed by atoms with Gasteiger partial charge in [0.25, 0.3) is 0 Å². The van der Waals surface area contributed by atoms with Crippen molar-refractivity contribution in [2.75, 3.05) is 6.61 Å². The molecule has 0 heterocycles. The summed E-state index contributed by atoms with van der Waals surface area (Å²) in [5.41, 5.74) is 1.20. The first-order chi connectivity index (χ1) is 7.65. The molecule has 0 bridgehead atoms. The van der Waals surface area contributed by atoms with Gasteiger partial charge in [0.15, 0.2) is 0 Å². The Morgan fingerprint density at radius 2 is 2.00 bits per heavy atom. The van der Waals surface area contributed by atoms with Crippen LogP contribution in [0, 0.1) is 10.5 Å². The van der Waals surface area contributed by atoms with Gasteiger partial charge in [0.1, 0.15) is 5.75 Å². The van der Waals surface area contributed by atoms with Crippen molar-refractivity contribution in [3.05, 3.63) is 25.7 Å². The van der Waals surface area contributed by atoms with E-state index < -0.39 is 0 Å². The van der Waals surface area contributed by atoms with Crippen LogP contribution in [0.4, 0.5) is 0 Å². The maximum Gasteiger partial charge on any atom is 0.135 e. The monoisotopic (exact) mass is 396 g/mol. The number of benzene rings is 1. The molecule has 90 valence electrons. The SMILES string of the molecule is CCCCCCOc1c(C)cc(Br)cc1I. The molecule has 0 unspecified atom stereocenters. The summed E-state index contributed by atoms with van der Waals surface area (Å²) in [6.07, 6.45) is 5.00. The van der Waals surface area contributed by atoms with Gasteiger partial charge in [-0.25, -0.2) is 0 Å². The summed E-state index contributed by atoms with van der Waals surface area (Å²) < 4.78 is 8.14. The maximum atomic E-state index is 5.84. The quantitative estimate of drug-likeness (QED) is 0.467. The number of unbranched alkanes of at least 4 members (excludes halogenated alkanes) is 3. The largest absolute Gasteiger partial charge is 0.492 e. The van der Waals surface area contributed by atoms with Crippen LogP contribution < -0.4 is 4.74 Å². The van der Waals surface area contributed by atoms with Crippen LogP contribution in [0.2, 0.25) is 0 Å². The Bertz CT molecular complexity index is 316. The van der Waals surface area contributed by atoms with E-state index in [4.69, 9.17) is 4.74 Å². The van der Waals surface area contributed by atoms with Gasteiger partial charge in [-0.3, -0.25) is 0 Å². The predicted molar refractivity (Wildman–Crippen MR) is 81.2 cm³/mol. The third-order valence-corrected chi connectivity index (χ3v) is 3.70. The number of hydrogen-bond acceptors (Lipinski definition) is 1. The zero-order valence-corrected chi connectivity index (χ0v) is 13.6. The van der Waals surface area contributed by atoms with Crippen LogP contribution in [0.15, 0.2) is 16.6 Å². The second-order valence-electron chi connectivity index (χ2n) is 3.94. The number of rotatable bonds is 6. The summed E-state index contributed by atoms with van der Waals surface area (Å²) in [4.78, 5) is 0. The molecule has 0 aliphatic rings. The summed E-state index contributed by atoms with van der Waals surface area (Å²) in [5, 5.41) is 0. The van der Waals surface area contributed by atoms with Gasteiger partial charge in [0, 0.05) is 4.47 Å². The van der Waals surface area contributed by atoms with Crippen molar-refractivity contribution >= 4 is 38.5 Å². The average Bonchev–Trinajstić information content (AvgIpc) is 2.20. The highest BCUT2D eigenvalue weighted by atomic mass is 127. The highest BCUT2D eigenvalue weighted by Crippen LogP contribution is 2.29. The Hall–Kier alpha value is 0.230.